The van der Waals surface area contributed by atoms with Gasteiger partial charge in [-0.1, -0.05) is 11.6 Å². The van der Waals surface area contributed by atoms with Gasteiger partial charge in [0.2, 0.25) is 12.7 Å². The van der Waals surface area contributed by atoms with E-state index in [4.69, 9.17) is 21.1 Å². The van der Waals surface area contributed by atoms with E-state index >= 15 is 0 Å². The van der Waals surface area contributed by atoms with Crippen molar-refractivity contribution in [2.24, 2.45) is 7.05 Å². The Kier molecular flexibility index (Phi) is 3.57. The number of carbonyl (C=O) groups excluding carboxylic acids is 1. The Morgan fingerprint density at radius 1 is 1.36 bits per heavy atom. The van der Waals surface area contributed by atoms with E-state index in [1.54, 1.807) is 19.2 Å². The molecule has 128 valence electrons. The lowest BCUT2D eigenvalue weighted by molar-refractivity contribution is -0.116. The van der Waals surface area contributed by atoms with Gasteiger partial charge in [-0.15, -0.1) is 0 Å². The number of aryl methyl sites for hydroxylation is 1. The van der Waals surface area contributed by atoms with Crippen LogP contribution in [-0.4, -0.2) is 32.0 Å². The van der Waals surface area contributed by atoms with Crippen LogP contribution in [-0.2, 0) is 18.4 Å². The largest absolute Gasteiger partial charge is 0.454 e. The van der Waals surface area contributed by atoms with Crippen molar-refractivity contribution in [2.75, 3.05) is 12.1 Å². The molecular weight excluding hydrogens is 350 g/mol. The van der Waals surface area contributed by atoms with Crippen LogP contribution in [0.5, 0.6) is 11.5 Å². The van der Waals surface area contributed by atoms with Crippen molar-refractivity contribution in [3.63, 3.8) is 0 Å². The second-order valence-corrected chi connectivity index (χ2v) is 5.82. The number of anilines is 1. The number of fused-ring (bicyclic) bond motifs is 2. The van der Waals surface area contributed by atoms with Crippen molar-refractivity contribution in [1.82, 2.24) is 19.3 Å². The summed E-state index contributed by atoms with van der Waals surface area (Å²) in [6.07, 6.45) is 2.74. The molecule has 0 fully saturated rings. The van der Waals surface area contributed by atoms with Gasteiger partial charge in [0.1, 0.15) is 18.3 Å². The summed E-state index contributed by atoms with van der Waals surface area (Å²) in [6, 6.07) is 3.14. The molecule has 9 nitrogen and oxygen atoms in total. The molecule has 1 amide bonds. The first-order valence-electron chi connectivity index (χ1n) is 7.29. The van der Waals surface area contributed by atoms with Crippen LogP contribution < -0.4 is 20.3 Å². The maximum atomic E-state index is 12.4. The number of ether oxygens (including phenoxy) is 2. The van der Waals surface area contributed by atoms with Gasteiger partial charge >= 0.3 is 0 Å². The van der Waals surface area contributed by atoms with E-state index < -0.39 is 5.91 Å². The van der Waals surface area contributed by atoms with E-state index in [2.05, 4.69) is 15.4 Å². The molecule has 0 bridgehead atoms. The summed E-state index contributed by atoms with van der Waals surface area (Å²) in [5, 5.41) is 7.30. The first-order valence-corrected chi connectivity index (χ1v) is 7.67. The fourth-order valence-corrected chi connectivity index (χ4v) is 2.74. The summed E-state index contributed by atoms with van der Waals surface area (Å²) in [6.45, 7) is -0.101. The normalized spacial score (nSPS) is 12.6. The summed E-state index contributed by atoms with van der Waals surface area (Å²) < 4.78 is 13.2. The molecule has 0 atom stereocenters. The lowest BCUT2D eigenvalue weighted by Gasteiger charge is -2.09. The van der Waals surface area contributed by atoms with Gasteiger partial charge in [-0.3, -0.25) is 18.8 Å². The molecule has 25 heavy (non-hydrogen) atoms. The second kappa shape index (κ2) is 5.78. The Morgan fingerprint density at radius 2 is 2.12 bits per heavy atom. The van der Waals surface area contributed by atoms with Crippen molar-refractivity contribution in [1.29, 1.82) is 0 Å². The Bertz CT molecular complexity index is 1060. The van der Waals surface area contributed by atoms with E-state index in [1.165, 1.54) is 21.8 Å². The molecule has 2 aromatic heterocycles. The number of amides is 1. The topological polar surface area (TPSA) is 100 Å². The molecule has 1 N–H and O–H groups in total. The van der Waals surface area contributed by atoms with Crippen LogP contribution >= 0.6 is 11.6 Å². The van der Waals surface area contributed by atoms with Crippen molar-refractivity contribution in [2.45, 2.75) is 6.54 Å². The highest BCUT2D eigenvalue weighted by Crippen LogP contribution is 2.39. The number of halogens is 1. The maximum absolute atomic E-state index is 12.4. The standard InChI is InChI=1S/C15H12ClN5O4/c1-20-14-8(4-18-20)15(23)21(6-17-14)5-13(22)19-10-3-12-11(2-9(10)16)24-7-25-12/h2-4,6H,5,7H2,1H3,(H,19,22). The number of nitrogens with one attached hydrogen (secondary N) is 1. The van der Waals surface area contributed by atoms with Gasteiger partial charge in [0.15, 0.2) is 17.1 Å². The molecule has 0 unspecified atom stereocenters. The molecule has 0 spiro atoms. The highest BCUT2D eigenvalue weighted by molar-refractivity contribution is 6.34. The summed E-state index contributed by atoms with van der Waals surface area (Å²) in [4.78, 5) is 28.8. The Hall–Kier alpha value is -3.07. The van der Waals surface area contributed by atoms with Gasteiger partial charge in [-0.25, -0.2) is 4.98 Å². The SMILES string of the molecule is Cn1ncc2c(=O)n(CC(=O)Nc3cc4c(cc3Cl)OCO4)cnc21. The van der Waals surface area contributed by atoms with Gasteiger partial charge in [-0.2, -0.15) is 5.10 Å². The fraction of sp³-hybridized carbons (Fsp3) is 0.200. The van der Waals surface area contributed by atoms with Crippen molar-refractivity contribution in [3.8, 4) is 11.5 Å². The number of benzene rings is 1. The summed E-state index contributed by atoms with van der Waals surface area (Å²) in [5.74, 6) is 0.591. The molecule has 10 heteroatoms. The monoisotopic (exact) mass is 361 g/mol. The molecule has 3 heterocycles. The van der Waals surface area contributed by atoms with Crippen LogP contribution in [0.4, 0.5) is 5.69 Å². The zero-order valence-electron chi connectivity index (χ0n) is 13.0. The van der Waals surface area contributed by atoms with Gasteiger partial charge < -0.3 is 14.8 Å². The van der Waals surface area contributed by atoms with Crippen LogP contribution in [0.3, 0.4) is 0 Å². The Morgan fingerprint density at radius 3 is 2.92 bits per heavy atom. The number of aromatic nitrogens is 4. The van der Waals surface area contributed by atoms with Crippen LogP contribution in [0, 0.1) is 0 Å². The third-order valence-electron chi connectivity index (χ3n) is 3.77. The highest BCUT2D eigenvalue weighted by Gasteiger charge is 2.18. The number of hydrogen-bond donors (Lipinski definition) is 1. The van der Waals surface area contributed by atoms with Crippen LogP contribution in [0.25, 0.3) is 11.0 Å². The molecule has 4 rings (SSSR count). The lowest BCUT2D eigenvalue weighted by Crippen LogP contribution is -2.27. The van der Waals surface area contributed by atoms with Crippen LogP contribution in [0.1, 0.15) is 0 Å². The molecular formula is C15H12ClN5O4. The number of rotatable bonds is 3. The lowest BCUT2D eigenvalue weighted by atomic mass is 10.2. The first kappa shape index (κ1) is 15.5. The molecule has 1 aliphatic rings. The molecule has 0 saturated heterocycles. The van der Waals surface area contributed by atoms with E-state index in [9.17, 15) is 9.59 Å². The summed E-state index contributed by atoms with van der Waals surface area (Å²) in [7, 11) is 1.69. The maximum Gasteiger partial charge on any atom is 0.264 e. The van der Waals surface area contributed by atoms with Crippen LogP contribution in [0.15, 0.2) is 29.5 Å². The number of carbonyl (C=O) groups is 1. The minimum absolute atomic E-state index is 0.106. The second-order valence-electron chi connectivity index (χ2n) is 5.42. The van der Waals surface area contributed by atoms with Crippen molar-refractivity contribution >= 4 is 34.2 Å². The molecule has 0 radical (unpaired) electrons. The predicted molar refractivity (Wildman–Crippen MR) is 89.0 cm³/mol. The average molecular weight is 362 g/mol. The van der Waals surface area contributed by atoms with Gasteiger partial charge in [-0.05, 0) is 0 Å². The molecule has 0 saturated carbocycles. The zero-order valence-corrected chi connectivity index (χ0v) is 13.8. The van der Waals surface area contributed by atoms with E-state index in [-0.39, 0.29) is 18.9 Å². The molecule has 1 aromatic carbocycles. The highest BCUT2D eigenvalue weighted by atomic mass is 35.5. The van der Waals surface area contributed by atoms with E-state index in [1.807, 2.05) is 0 Å². The molecule has 0 aliphatic carbocycles. The Labute approximate surface area is 145 Å². The predicted octanol–water partition coefficient (Wildman–Crippen LogP) is 1.15. The first-order chi connectivity index (χ1) is 12.0. The molecule has 3 aromatic rings. The minimum Gasteiger partial charge on any atom is -0.454 e. The van der Waals surface area contributed by atoms with Gasteiger partial charge in [0, 0.05) is 19.2 Å². The Balaban J connectivity index is 1.57. The van der Waals surface area contributed by atoms with Crippen LogP contribution in [0.2, 0.25) is 5.02 Å². The molecule has 1 aliphatic heterocycles. The number of hydrogen-bond acceptors (Lipinski definition) is 6. The zero-order chi connectivity index (χ0) is 17.6. The fourth-order valence-electron chi connectivity index (χ4n) is 2.54. The summed E-state index contributed by atoms with van der Waals surface area (Å²) in [5.41, 5.74) is 0.491. The average Bonchev–Trinajstić information content (AvgIpc) is 3.17. The third-order valence-corrected chi connectivity index (χ3v) is 4.08. The van der Waals surface area contributed by atoms with Gasteiger partial charge in [0.25, 0.3) is 5.56 Å². The van der Waals surface area contributed by atoms with E-state index in [0.717, 1.165) is 0 Å². The third kappa shape index (κ3) is 2.68. The summed E-state index contributed by atoms with van der Waals surface area (Å²) >= 11 is 6.12. The van der Waals surface area contributed by atoms with E-state index in [0.29, 0.717) is 33.2 Å². The van der Waals surface area contributed by atoms with Crippen molar-refractivity contribution < 1.29 is 14.3 Å². The van der Waals surface area contributed by atoms with Gasteiger partial charge in [0.05, 0.1) is 16.9 Å². The smallest absolute Gasteiger partial charge is 0.264 e. The quantitative estimate of drug-likeness (QED) is 0.751. The number of nitrogens with zero attached hydrogens (tertiary/aromatic N) is 4. The minimum atomic E-state index is -0.423. The van der Waals surface area contributed by atoms with Crippen molar-refractivity contribution in [3.05, 3.63) is 40.0 Å².